The molecule has 1 amide bonds. The van der Waals surface area contributed by atoms with E-state index in [-0.39, 0.29) is 12.0 Å². The Balaban J connectivity index is 2.30. The minimum atomic E-state index is -4.14. The van der Waals surface area contributed by atoms with Crippen molar-refractivity contribution in [1.82, 2.24) is 4.57 Å². The molecule has 1 fully saturated rings. The minimum absolute atomic E-state index is 0.134. The number of rotatable bonds is 7. The molecule has 1 aromatic carbocycles. The summed E-state index contributed by atoms with van der Waals surface area (Å²) in [5.74, 6) is -2.70. The number of hydrogen-bond donors (Lipinski definition) is 2. The smallest absolute Gasteiger partial charge is 0.417 e. The molecule has 1 aromatic heterocycles. The number of carboxylic acid groups (broad SMARTS) is 1. The molecule has 0 atom stereocenters. The minimum Gasteiger partial charge on any atom is -0.464 e. The molecule has 35 heavy (non-hydrogen) atoms. The molecule has 0 aliphatic heterocycles. The van der Waals surface area contributed by atoms with Gasteiger partial charge in [0.05, 0.1) is 16.1 Å². The van der Waals surface area contributed by atoms with Crippen LogP contribution in [0.25, 0.3) is 0 Å². The zero-order valence-corrected chi connectivity index (χ0v) is 22.6. The number of pyridine rings is 1. The summed E-state index contributed by atoms with van der Waals surface area (Å²) in [7, 11) is -3.06. The molecule has 1 aliphatic carbocycles. The van der Waals surface area contributed by atoms with E-state index in [2.05, 4.69) is 11.3 Å². The van der Waals surface area contributed by atoms with Gasteiger partial charge >= 0.3 is 6.09 Å². The molecule has 2 aromatic rings. The number of hydrogen-bond acceptors (Lipinski definition) is 4. The summed E-state index contributed by atoms with van der Waals surface area (Å²) in [6, 6.07) is 3.35. The van der Waals surface area contributed by atoms with Crippen LogP contribution in [0.5, 0.6) is 0 Å². The third kappa shape index (κ3) is 4.82. The van der Waals surface area contributed by atoms with Gasteiger partial charge in [-0.25, -0.2) is 26.9 Å². The lowest BCUT2D eigenvalue weighted by atomic mass is 9.86. The van der Waals surface area contributed by atoms with E-state index >= 15 is 4.39 Å². The lowest BCUT2D eigenvalue weighted by Gasteiger charge is -2.29. The third-order valence-corrected chi connectivity index (χ3v) is 9.04. The number of anilines is 3. The Bertz CT molecular complexity index is 1380. The van der Waals surface area contributed by atoms with E-state index in [1.165, 1.54) is 18.2 Å². The standard InChI is InChI=1S/C23H26F2IN3O5S/c1-6-9-23(10-11-23)35(33,34)27-15-12-13(24)20(30)28(5)19(15)29(21(31)32)16-8-7-14(26)17(18(16)25)22(2,3)4/h6-8,12,27H,1,9-11H2,2-5H3,(H,31,32). The Morgan fingerprint density at radius 1 is 1.34 bits per heavy atom. The SMILES string of the molecule is C=CCC1(S(=O)(=O)Nc2cc(F)c(=O)n(C)c2N(C(=O)O)c2ccc(I)c(C(C)(C)C)c2F)CC1. The Hall–Kier alpha value is -2.48. The molecule has 1 saturated carbocycles. The van der Waals surface area contributed by atoms with Crippen LogP contribution in [0, 0.1) is 15.2 Å². The fraction of sp³-hybridized carbons (Fsp3) is 0.391. The summed E-state index contributed by atoms with van der Waals surface area (Å²) in [5, 5.41) is 10.1. The van der Waals surface area contributed by atoms with Crippen LogP contribution in [0.2, 0.25) is 0 Å². The van der Waals surface area contributed by atoms with Gasteiger partial charge in [-0.05, 0) is 59.4 Å². The van der Waals surface area contributed by atoms with Crippen LogP contribution in [0.15, 0.2) is 35.6 Å². The van der Waals surface area contributed by atoms with Gasteiger partial charge < -0.3 is 5.11 Å². The second kappa shape index (κ2) is 9.19. The number of halogens is 3. The molecule has 190 valence electrons. The Kier molecular flexibility index (Phi) is 7.12. The van der Waals surface area contributed by atoms with Gasteiger partial charge in [0, 0.05) is 22.2 Å². The Morgan fingerprint density at radius 3 is 2.43 bits per heavy atom. The number of nitrogens with one attached hydrogen (secondary N) is 1. The lowest BCUT2D eigenvalue weighted by Crippen LogP contribution is -2.36. The van der Waals surface area contributed by atoms with Gasteiger partial charge in [-0.2, -0.15) is 0 Å². The van der Waals surface area contributed by atoms with Gasteiger partial charge in [0.25, 0.3) is 5.56 Å². The highest BCUT2D eigenvalue weighted by atomic mass is 127. The van der Waals surface area contributed by atoms with Crippen LogP contribution in [0.3, 0.4) is 0 Å². The number of allylic oxidation sites excluding steroid dienone is 1. The van der Waals surface area contributed by atoms with Crippen molar-refractivity contribution in [1.29, 1.82) is 0 Å². The van der Waals surface area contributed by atoms with E-state index in [1.807, 2.05) is 22.6 Å². The molecule has 0 spiro atoms. The van der Waals surface area contributed by atoms with Gasteiger partial charge in [-0.1, -0.05) is 26.8 Å². The number of carbonyl (C=O) groups is 1. The van der Waals surface area contributed by atoms with Crippen molar-refractivity contribution in [3.63, 3.8) is 0 Å². The maximum absolute atomic E-state index is 15.8. The van der Waals surface area contributed by atoms with Gasteiger partial charge in [0.15, 0.2) is 17.5 Å². The summed E-state index contributed by atoms with van der Waals surface area (Å²) in [5.41, 5.74) is -2.61. The van der Waals surface area contributed by atoms with Gasteiger partial charge in [-0.3, -0.25) is 14.1 Å². The summed E-state index contributed by atoms with van der Waals surface area (Å²) in [4.78, 5) is 25.3. The van der Waals surface area contributed by atoms with Crippen molar-refractivity contribution < 1.29 is 27.1 Å². The molecule has 0 bridgehead atoms. The van der Waals surface area contributed by atoms with Crippen molar-refractivity contribution in [2.75, 3.05) is 9.62 Å². The molecule has 12 heteroatoms. The molecule has 0 unspecified atom stereocenters. The first-order valence-corrected chi connectivity index (χ1v) is 13.2. The van der Waals surface area contributed by atoms with E-state index in [9.17, 15) is 27.5 Å². The van der Waals surface area contributed by atoms with Crippen LogP contribution < -0.4 is 15.2 Å². The van der Waals surface area contributed by atoms with E-state index in [4.69, 9.17) is 0 Å². The zero-order valence-electron chi connectivity index (χ0n) is 19.7. The summed E-state index contributed by atoms with van der Waals surface area (Å²) >= 11 is 1.94. The largest absolute Gasteiger partial charge is 0.464 e. The number of aromatic nitrogens is 1. The molecule has 2 N–H and O–H groups in total. The third-order valence-electron chi connectivity index (χ3n) is 5.94. The fourth-order valence-corrected chi connectivity index (χ4v) is 6.84. The van der Waals surface area contributed by atoms with E-state index in [0.717, 1.165) is 7.05 Å². The number of benzene rings is 1. The van der Waals surface area contributed by atoms with Gasteiger partial charge in [-0.15, -0.1) is 6.58 Å². The van der Waals surface area contributed by atoms with Crippen LogP contribution >= 0.6 is 22.6 Å². The number of amides is 1. The molecule has 1 heterocycles. The molecular formula is C23H26F2IN3O5S. The van der Waals surface area contributed by atoms with Crippen molar-refractivity contribution in [3.05, 3.63) is 62.0 Å². The fourth-order valence-electron chi connectivity index (χ4n) is 3.98. The lowest BCUT2D eigenvalue weighted by molar-refractivity contribution is 0.204. The Labute approximate surface area is 215 Å². The van der Waals surface area contributed by atoms with Crippen molar-refractivity contribution >= 4 is 55.9 Å². The maximum Gasteiger partial charge on any atom is 0.417 e. The monoisotopic (exact) mass is 621 g/mol. The van der Waals surface area contributed by atoms with E-state index in [1.54, 1.807) is 20.8 Å². The van der Waals surface area contributed by atoms with E-state index in [0.29, 0.717) is 31.9 Å². The number of nitrogens with zero attached hydrogens (tertiary/aromatic N) is 2. The van der Waals surface area contributed by atoms with Crippen molar-refractivity contribution in [3.8, 4) is 0 Å². The second-order valence-electron chi connectivity index (χ2n) is 9.50. The topological polar surface area (TPSA) is 109 Å². The van der Waals surface area contributed by atoms with Crippen LogP contribution in [0.1, 0.15) is 45.6 Å². The second-order valence-corrected chi connectivity index (χ2v) is 12.7. The average molecular weight is 621 g/mol. The van der Waals surface area contributed by atoms with Crippen LogP contribution in [-0.4, -0.2) is 28.9 Å². The number of sulfonamides is 1. The predicted molar refractivity (Wildman–Crippen MR) is 139 cm³/mol. The first-order chi connectivity index (χ1) is 16.1. The highest BCUT2D eigenvalue weighted by Gasteiger charge is 2.54. The molecule has 3 rings (SSSR count). The van der Waals surface area contributed by atoms with Gasteiger partial charge in [0.1, 0.15) is 0 Å². The maximum atomic E-state index is 15.8. The average Bonchev–Trinajstić information content (AvgIpc) is 3.50. The van der Waals surface area contributed by atoms with Crippen molar-refractivity contribution in [2.45, 2.75) is 50.2 Å². The molecule has 1 aliphatic rings. The summed E-state index contributed by atoms with van der Waals surface area (Å²) in [6.45, 7) is 8.84. The van der Waals surface area contributed by atoms with Crippen LogP contribution in [-0.2, 0) is 22.5 Å². The zero-order chi connectivity index (χ0) is 26.5. The van der Waals surface area contributed by atoms with Crippen LogP contribution in [0.4, 0.5) is 30.8 Å². The quantitative estimate of drug-likeness (QED) is 0.325. The van der Waals surface area contributed by atoms with Gasteiger partial charge in [0.2, 0.25) is 10.0 Å². The van der Waals surface area contributed by atoms with Crippen molar-refractivity contribution in [2.24, 2.45) is 7.05 Å². The molecular weight excluding hydrogens is 595 g/mol. The first kappa shape index (κ1) is 27.1. The molecule has 8 nitrogen and oxygen atoms in total. The van der Waals surface area contributed by atoms with E-state index < -0.39 is 60.7 Å². The Morgan fingerprint density at radius 2 is 1.94 bits per heavy atom. The molecule has 0 saturated heterocycles. The normalized spacial score (nSPS) is 14.9. The highest BCUT2D eigenvalue weighted by molar-refractivity contribution is 14.1. The summed E-state index contributed by atoms with van der Waals surface area (Å²) in [6.07, 6.45) is 0.560. The highest BCUT2D eigenvalue weighted by Crippen LogP contribution is 2.48. The first-order valence-electron chi connectivity index (χ1n) is 10.6. The summed E-state index contributed by atoms with van der Waals surface area (Å²) < 4.78 is 58.8. The molecule has 0 radical (unpaired) electrons. The predicted octanol–water partition coefficient (Wildman–Crippen LogP) is 5.23.